The van der Waals surface area contributed by atoms with E-state index >= 15 is 0 Å². The van der Waals surface area contributed by atoms with Crippen LogP contribution in [0.1, 0.15) is 45.4 Å². The number of aliphatic hydroxyl groups is 1. The molecule has 11 heteroatoms. The Labute approximate surface area is 196 Å². The molecule has 33 heavy (non-hydrogen) atoms. The maximum absolute atomic E-state index is 14.3. The number of pyridine rings is 1. The number of unbranched alkanes of at least 4 members (excludes halogenated alkanes) is 3. The van der Waals surface area contributed by atoms with Crippen molar-refractivity contribution < 1.29 is 23.4 Å². The molecule has 0 bridgehead atoms. The van der Waals surface area contributed by atoms with Crippen LogP contribution in [0.5, 0.6) is 11.9 Å². The highest BCUT2D eigenvalue weighted by atomic mass is 35.5. The molecule has 0 aliphatic carbocycles. The van der Waals surface area contributed by atoms with Gasteiger partial charge in [-0.25, -0.2) is 8.78 Å². The Hall–Kier alpha value is -2.04. The number of ether oxygens (including phenoxy) is 2. The second kappa shape index (κ2) is 10.5. The van der Waals surface area contributed by atoms with E-state index in [0.717, 1.165) is 25.8 Å². The van der Waals surface area contributed by atoms with Gasteiger partial charge in [-0.05, 0) is 19.3 Å². The number of anilines is 1. The maximum atomic E-state index is 14.3. The van der Waals surface area contributed by atoms with Gasteiger partial charge in [0.2, 0.25) is 5.88 Å². The number of nitrogens with zero attached hydrogens (tertiary/aromatic N) is 5. The number of aliphatic hydroxyl groups excluding tert-OH is 1. The van der Waals surface area contributed by atoms with Crippen molar-refractivity contribution in [2.24, 2.45) is 0 Å². The van der Waals surface area contributed by atoms with Crippen molar-refractivity contribution in [3.8, 4) is 11.9 Å². The summed E-state index contributed by atoms with van der Waals surface area (Å²) in [5.74, 6) is 0.144. The molecule has 2 aromatic rings. The third-order valence-corrected chi connectivity index (χ3v) is 6.51. The molecule has 3 aliphatic rings. The summed E-state index contributed by atoms with van der Waals surface area (Å²) in [6.45, 7) is 4.45. The number of rotatable bonds is 6. The normalized spacial score (nSPS) is 23.8. The van der Waals surface area contributed by atoms with Gasteiger partial charge in [0.1, 0.15) is 17.1 Å². The monoisotopic (exact) mass is 485 g/mol. The molecule has 0 radical (unpaired) electrons. The maximum Gasteiger partial charge on any atom is 0.318 e. The van der Waals surface area contributed by atoms with Gasteiger partial charge in [0.25, 0.3) is 0 Å². The highest BCUT2D eigenvalue weighted by Crippen LogP contribution is 2.39. The molecule has 3 aliphatic heterocycles. The van der Waals surface area contributed by atoms with E-state index in [-0.39, 0.29) is 28.7 Å². The van der Waals surface area contributed by atoms with E-state index in [4.69, 9.17) is 26.2 Å². The van der Waals surface area contributed by atoms with Gasteiger partial charge in [-0.2, -0.15) is 15.0 Å². The Kier molecular flexibility index (Phi) is 7.65. The van der Waals surface area contributed by atoms with E-state index in [1.807, 2.05) is 4.90 Å². The van der Waals surface area contributed by atoms with Crippen molar-refractivity contribution in [2.45, 2.75) is 63.8 Å². The molecule has 0 spiro atoms. The molecule has 2 fully saturated rings. The van der Waals surface area contributed by atoms with Crippen molar-refractivity contribution in [2.75, 3.05) is 38.4 Å². The molecule has 5 rings (SSSR count). The molecule has 2 saturated heterocycles. The van der Waals surface area contributed by atoms with Crippen LogP contribution in [0.25, 0.3) is 10.9 Å². The average molecular weight is 486 g/mol. The Morgan fingerprint density at radius 1 is 1.18 bits per heavy atom. The average Bonchev–Trinajstić information content (AvgIpc) is 3.31. The quantitative estimate of drug-likeness (QED) is 0.489. The second-order valence-corrected chi connectivity index (χ2v) is 9.07. The van der Waals surface area contributed by atoms with Crippen LogP contribution >= 0.6 is 11.6 Å². The summed E-state index contributed by atoms with van der Waals surface area (Å²) < 4.78 is 37.7. The molecule has 0 amide bonds. The smallest absolute Gasteiger partial charge is 0.318 e. The zero-order valence-corrected chi connectivity index (χ0v) is 19.7. The van der Waals surface area contributed by atoms with Crippen LogP contribution in [0.4, 0.5) is 14.6 Å². The number of hydrogen-bond donors (Lipinski definition) is 1. The summed E-state index contributed by atoms with van der Waals surface area (Å²) in [7, 11) is 1.44. The lowest BCUT2D eigenvalue weighted by atomic mass is 10.1. The first-order valence-electron chi connectivity index (χ1n) is 11.5. The predicted molar refractivity (Wildman–Crippen MR) is 121 cm³/mol. The number of aromatic nitrogens is 3. The van der Waals surface area contributed by atoms with Crippen molar-refractivity contribution in [1.29, 1.82) is 0 Å². The number of hydrogen-bond acceptors (Lipinski definition) is 8. The molecular weight excluding hydrogens is 456 g/mol. The highest BCUT2D eigenvalue weighted by Gasteiger charge is 2.39. The van der Waals surface area contributed by atoms with Crippen LogP contribution in [-0.4, -0.2) is 76.8 Å². The molecular formula is C22H30ClF2N5O3. The number of halogens is 3. The minimum absolute atomic E-state index is 0.0695. The topological polar surface area (TPSA) is 83.8 Å². The predicted octanol–water partition coefficient (Wildman–Crippen LogP) is 3.73. The van der Waals surface area contributed by atoms with E-state index in [0.29, 0.717) is 43.5 Å². The van der Waals surface area contributed by atoms with Gasteiger partial charge < -0.3 is 19.5 Å². The van der Waals surface area contributed by atoms with E-state index in [1.54, 1.807) is 0 Å². The van der Waals surface area contributed by atoms with Crippen molar-refractivity contribution in [3.63, 3.8) is 0 Å². The first kappa shape index (κ1) is 24.1. The van der Waals surface area contributed by atoms with E-state index < -0.39 is 12.0 Å². The summed E-state index contributed by atoms with van der Waals surface area (Å²) in [4.78, 5) is 16.4. The van der Waals surface area contributed by atoms with Crippen LogP contribution in [0, 0.1) is 5.82 Å². The fourth-order valence-corrected chi connectivity index (χ4v) is 4.82. The van der Waals surface area contributed by atoms with E-state index in [2.05, 4.69) is 26.8 Å². The molecule has 0 saturated carbocycles. The number of methoxy groups -OCH3 is 1. The van der Waals surface area contributed by atoms with Gasteiger partial charge in [-0.3, -0.25) is 4.90 Å². The highest BCUT2D eigenvalue weighted by molar-refractivity contribution is 6.30. The largest absolute Gasteiger partial charge is 0.467 e. The standard InChI is InChI=1S/C15H18ClFN4O2.C7H12FNO/c1-3-4-5-6-7-21-8-23-14-9-11(10(17)12(16)19-14)18-15(22-2)20-13(9)21;8-5-1-6-2-7(10)4-9(6)3-5/h3-8H2,1-2H3;5-7,10H,1-4H2. The second-order valence-electron chi connectivity index (χ2n) is 8.71. The lowest BCUT2D eigenvalue weighted by Gasteiger charge is -2.29. The molecule has 3 unspecified atom stereocenters. The van der Waals surface area contributed by atoms with Crippen LogP contribution in [0.3, 0.4) is 0 Å². The molecule has 1 N–H and O–H groups in total. The SMILES string of the molecule is CCCCCCN1COc2nc(Cl)c(F)c3nc(OC)nc1c23.OC1CC2CC(F)CN2C1. The lowest BCUT2D eigenvalue weighted by Crippen LogP contribution is -2.33. The third kappa shape index (κ3) is 5.22. The molecule has 0 aromatic carbocycles. The van der Waals surface area contributed by atoms with Crippen LogP contribution < -0.4 is 14.4 Å². The lowest BCUT2D eigenvalue weighted by molar-refractivity contribution is 0.169. The Morgan fingerprint density at radius 2 is 2.00 bits per heavy atom. The van der Waals surface area contributed by atoms with Crippen LogP contribution in [-0.2, 0) is 0 Å². The first-order chi connectivity index (χ1) is 15.9. The molecule has 5 heterocycles. The summed E-state index contributed by atoms with van der Waals surface area (Å²) in [6.07, 6.45) is 5.05. The van der Waals surface area contributed by atoms with Crippen LogP contribution in [0.15, 0.2) is 0 Å². The number of alkyl halides is 1. The summed E-state index contributed by atoms with van der Waals surface area (Å²) in [6, 6.07) is 0.435. The van der Waals surface area contributed by atoms with Gasteiger partial charge in [0.05, 0.1) is 13.2 Å². The molecule has 3 atom stereocenters. The summed E-state index contributed by atoms with van der Waals surface area (Å²) in [5.41, 5.74) is 0.0695. The van der Waals surface area contributed by atoms with Gasteiger partial charge in [-0.15, -0.1) is 0 Å². The van der Waals surface area contributed by atoms with Crippen molar-refractivity contribution in [3.05, 3.63) is 11.0 Å². The van der Waals surface area contributed by atoms with Gasteiger partial charge >= 0.3 is 6.01 Å². The number of fused-ring (bicyclic) bond motifs is 1. The van der Waals surface area contributed by atoms with Gasteiger partial charge in [0, 0.05) is 25.7 Å². The van der Waals surface area contributed by atoms with E-state index in [9.17, 15) is 8.78 Å². The molecule has 8 nitrogen and oxygen atoms in total. The minimum atomic E-state index is -0.691. The fraction of sp³-hybridized carbons (Fsp3) is 0.682. The Balaban J connectivity index is 0.000000214. The zero-order valence-electron chi connectivity index (χ0n) is 18.9. The third-order valence-electron chi connectivity index (χ3n) is 6.26. The van der Waals surface area contributed by atoms with Gasteiger partial charge in [0.15, 0.2) is 23.5 Å². The van der Waals surface area contributed by atoms with Crippen LogP contribution in [0.2, 0.25) is 5.15 Å². The van der Waals surface area contributed by atoms with Crippen molar-refractivity contribution >= 4 is 28.3 Å². The fourth-order valence-electron chi connectivity index (χ4n) is 4.65. The summed E-state index contributed by atoms with van der Waals surface area (Å²) in [5, 5.41) is 9.33. The van der Waals surface area contributed by atoms with Gasteiger partial charge in [-0.1, -0.05) is 37.8 Å². The minimum Gasteiger partial charge on any atom is -0.467 e. The Bertz CT molecular complexity index is 957. The first-order valence-corrected chi connectivity index (χ1v) is 11.8. The van der Waals surface area contributed by atoms with Crippen molar-refractivity contribution in [1.82, 2.24) is 19.9 Å². The molecule has 2 aromatic heterocycles. The zero-order chi connectivity index (χ0) is 23.5. The molecule has 182 valence electrons. The summed E-state index contributed by atoms with van der Waals surface area (Å²) >= 11 is 5.82. The Morgan fingerprint density at radius 3 is 2.73 bits per heavy atom. The van der Waals surface area contributed by atoms with E-state index in [1.165, 1.54) is 20.0 Å².